The van der Waals surface area contributed by atoms with Crippen LogP contribution in [0.1, 0.15) is 17.5 Å². The average Bonchev–Trinajstić information content (AvgIpc) is 3.41. The Morgan fingerprint density at radius 1 is 1.34 bits per heavy atom. The van der Waals surface area contributed by atoms with Gasteiger partial charge in [0, 0.05) is 49.7 Å². The maximum atomic E-state index is 6.29. The third-order valence-corrected chi connectivity index (χ3v) is 5.94. The van der Waals surface area contributed by atoms with E-state index in [-0.39, 0.29) is 30.1 Å². The Kier molecular flexibility index (Phi) is 7.96. The average molecular weight is 529 g/mol. The molecular formula is C20H28IN5O2S. The second kappa shape index (κ2) is 10.4. The van der Waals surface area contributed by atoms with Crippen LogP contribution in [0.3, 0.4) is 0 Å². The smallest absolute Gasteiger partial charge is 0.191 e. The van der Waals surface area contributed by atoms with Crippen molar-refractivity contribution in [2.75, 3.05) is 44.3 Å². The van der Waals surface area contributed by atoms with E-state index in [4.69, 9.17) is 15.2 Å². The summed E-state index contributed by atoms with van der Waals surface area (Å²) in [6.45, 7) is 7.53. The van der Waals surface area contributed by atoms with Crippen LogP contribution in [0.25, 0.3) is 0 Å². The van der Waals surface area contributed by atoms with E-state index in [1.165, 1.54) is 5.56 Å². The lowest BCUT2D eigenvalue weighted by atomic mass is 10.1. The number of ether oxygens (including phenoxy) is 2. The van der Waals surface area contributed by atoms with Crippen molar-refractivity contribution in [2.45, 2.75) is 26.0 Å². The molecule has 1 aromatic heterocycles. The van der Waals surface area contributed by atoms with Crippen LogP contribution in [0.2, 0.25) is 0 Å². The lowest BCUT2D eigenvalue weighted by Gasteiger charge is -2.35. The highest BCUT2D eigenvalue weighted by molar-refractivity contribution is 14.0. The van der Waals surface area contributed by atoms with Crippen molar-refractivity contribution in [3.8, 4) is 5.75 Å². The van der Waals surface area contributed by atoms with Crippen molar-refractivity contribution in [2.24, 2.45) is 10.7 Å². The maximum absolute atomic E-state index is 6.29. The Bertz CT molecular complexity index is 803. The van der Waals surface area contributed by atoms with Crippen molar-refractivity contribution < 1.29 is 9.47 Å². The maximum Gasteiger partial charge on any atom is 0.191 e. The highest BCUT2D eigenvalue weighted by atomic mass is 127. The number of nitrogens with zero attached hydrogens (tertiary/aromatic N) is 4. The molecule has 0 saturated carbocycles. The molecule has 2 fully saturated rings. The van der Waals surface area contributed by atoms with Crippen LogP contribution in [0.4, 0.5) is 5.13 Å². The summed E-state index contributed by atoms with van der Waals surface area (Å²) in [5, 5.41) is 3.09. The number of thiazole rings is 1. The monoisotopic (exact) mass is 529 g/mol. The van der Waals surface area contributed by atoms with Gasteiger partial charge in [0.15, 0.2) is 11.1 Å². The van der Waals surface area contributed by atoms with Gasteiger partial charge in [-0.15, -0.1) is 35.3 Å². The molecule has 0 aliphatic carbocycles. The molecule has 2 aromatic rings. The highest BCUT2D eigenvalue weighted by Gasteiger charge is 2.21. The van der Waals surface area contributed by atoms with Gasteiger partial charge in [-0.05, 0) is 18.6 Å². The Labute approximate surface area is 192 Å². The molecule has 0 amide bonds. The van der Waals surface area contributed by atoms with Gasteiger partial charge in [-0.25, -0.2) is 9.98 Å². The number of aromatic nitrogens is 1. The number of anilines is 1. The summed E-state index contributed by atoms with van der Waals surface area (Å²) >= 11 is 1.67. The zero-order chi connectivity index (χ0) is 19.3. The summed E-state index contributed by atoms with van der Waals surface area (Å²) < 4.78 is 11.6. The first-order valence-electron chi connectivity index (χ1n) is 9.72. The minimum atomic E-state index is 0. The minimum Gasteiger partial charge on any atom is -0.488 e. The normalized spacial score (nSPS) is 19.9. The standard InChI is InChI=1S/C20H27N5O2S.HI/c1-15-2-3-16(18(12-15)27-17-4-10-26-14-17)13-23-19(21)24-6-8-25(9-7-24)20-22-5-11-28-20;/h2-3,5,11-12,17H,4,6-10,13-14H2,1H3,(H2,21,23);1H. The predicted octanol–water partition coefficient (Wildman–Crippen LogP) is 2.87. The first-order valence-corrected chi connectivity index (χ1v) is 10.6. The van der Waals surface area contributed by atoms with Gasteiger partial charge in [-0.3, -0.25) is 0 Å². The number of hydrogen-bond acceptors (Lipinski definition) is 6. The third kappa shape index (κ3) is 5.73. The molecule has 2 aliphatic rings. The van der Waals surface area contributed by atoms with Gasteiger partial charge in [0.05, 0.1) is 19.8 Å². The van der Waals surface area contributed by atoms with Gasteiger partial charge in [0.25, 0.3) is 0 Å². The van der Waals surface area contributed by atoms with E-state index in [9.17, 15) is 0 Å². The highest BCUT2D eigenvalue weighted by Crippen LogP contribution is 2.25. The summed E-state index contributed by atoms with van der Waals surface area (Å²) in [7, 11) is 0. The van der Waals surface area contributed by atoms with Crippen LogP contribution < -0.4 is 15.4 Å². The third-order valence-electron chi connectivity index (χ3n) is 5.11. The van der Waals surface area contributed by atoms with Crippen molar-refractivity contribution >= 4 is 46.4 Å². The van der Waals surface area contributed by atoms with Crippen molar-refractivity contribution in [1.82, 2.24) is 9.88 Å². The molecule has 0 bridgehead atoms. The number of halogens is 1. The summed E-state index contributed by atoms with van der Waals surface area (Å²) in [5.74, 6) is 1.48. The molecule has 0 spiro atoms. The number of guanidine groups is 1. The topological polar surface area (TPSA) is 76.2 Å². The molecule has 29 heavy (non-hydrogen) atoms. The van der Waals surface area contributed by atoms with Gasteiger partial charge >= 0.3 is 0 Å². The fourth-order valence-electron chi connectivity index (χ4n) is 3.45. The van der Waals surface area contributed by atoms with Crippen LogP contribution in [0.15, 0.2) is 34.8 Å². The number of nitrogens with two attached hydrogens (primary N) is 1. The molecule has 3 heterocycles. The summed E-state index contributed by atoms with van der Waals surface area (Å²) in [6.07, 6.45) is 2.91. The number of hydrogen-bond donors (Lipinski definition) is 1. The number of aryl methyl sites for hydroxylation is 1. The number of rotatable bonds is 5. The number of benzene rings is 1. The molecular weight excluding hydrogens is 501 g/mol. The predicted molar refractivity (Wildman–Crippen MR) is 128 cm³/mol. The van der Waals surface area contributed by atoms with Crippen molar-refractivity contribution in [3.63, 3.8) is 0 Å². The minimum absolute atomic E-state index is 0. The van der Waals surface area contributed by atoms with Gasteiger partial charge in [-0.2, -0.15) is 0 Å². The Morgan fingerprint density at radius 2 is 2.17 bits per heavy atom. The van der Waals surface area contributed by atoms with E-state index in [1.54, 1.807) is 11.3 Å². The van der Waals surface area contributed by atoms with Gasteiger partial charge in [0.1, 0.15) is 11.9 Å². The molecule has 1 atom stereocenters. The Balaban J connectivity index is 0.00000240. The molecule has 2 aliphatic heterocycles. The fraction of sp³-hybridized carbons (Fsp3) is 0.500. The molecule has 2 saturated heterocycles. The second-order valence-electron chi connectivity index (χ2n) is 7.18. The van der Waals surface area contributed by atoms with Crippen LogP contribution in [0.5, 0.6) is 5.75 Å². The lowest BCUT2D eigenvalue weighted by Crippen LogP contribution is -2.51. The SMILES string of the molecule is Cc1ccc(CN=C(N)N2CCN(c3nccs3)CC2)c(OC2CCOC2)c1.I. The molecule has 158 valence electrons. The summed E-state index contributed by atoms with van der Waals surface area (Å²) in [5.41, 5.74) is 8.52. The van der Waals surface area contributed by atoms with Crippen molar-refractivity contribution in [3.05, 3.63) is 40.9 Å². The second-order valence-corrected chi connectivity index (χ2v) is 8.05. The Hall–Kier alpha value is -1.59. The zero-order valence-corrected chi connectivity index (χ0v) is 19.8. The van der Waals surface area contributed by atoms with Gasteiger partial charge < -0.3 is 25.0 Å². The van der Waals surface area contributed by atoms with E-state index in [0.717, 1.165) is 55.7 Å². The van der Waals surface area contributed by atoms with E-state index < -0.39 is 0 Å². The van der Waals surface area contributed by atoms with Crippen LogP contribution in [-0.4, -0.2) is 61.3 Å². The van der Waals surface area contributed by atoms with E-state index in [2.05, 4.69) is 44.9 Å². The van der Waals surface area contributed by atoms with Crippen LogP contribution >= 0.6 is 35.3 Å². The van der Waals surface area contributed by atoms with Crippen LogP contribution in [0, 0.1) is 6.92 Å². The molecule has 1 unspecified atom stereocenters. The Morgan fingerprint density at radius 3 is 2.86 bits per heavy atom. The summed E-state index contributed by atoms with van der Waals surface area (Å²) in [6, 6.07) is 6.25. The summed E-state index contributed by atoms with van der Waals surface area (Å²) in [4.78, 5) is 13.5. The molecule has 4 rings (SSSR count). The van der Waals surface area contributed by atoms with Crippen molar-refractivity contribution in [1.29, 1.82) is 0 Å². The lowest BCUT2D eigenvalue weighted by molar-refractivity contribution is 0.140. The quantitative estimate of drug-likeness (QED) is 0.365. The molecule has 9 heteroatoms. The number of piperazine rings is 1. The first-order chi connectivity index (χ1) is 13.7. The molecule has 1 aromatic carbocycles. The fourth-order valence-corrected chi connectivity index (χ4v) is 4.15. The van der Waals surface area contributed by atoms with E-state index >= 15 is 0 Å². The van der Waals surface area contributed by atoms with Gasteiger partial charge in [0.2, 0.25) is 0 Å². The van der Waals surface area contributed by atoms with E-state index in [1.807, 2.05) is 11.6 Å². The number of aliphatic imine (C=N–C) groups is 1. The van der Waals surface area contributed by atoms with Gasteiger partial charge in [-0.1, -0.05) is 12.1 Å². The molecule has 2 N–H and O–H groups in total. The largest absolute Gasteiger partial charge is 0.488 e. The first kappa shape index (κ1) is 22.1. The zero-order valence-electron chi connectivity index (χ0n) is 16.6. The van der Waals surface area contributed by atoms with E-state index in [0.29, 0.717) is 19.1 Å². The van der Waals surface area contributed by atoms with Crippen LogP contribution in [-0.2, 0) is 11.3 Å². The molecule has 0 radical (unpaired) electrons. The molecule has 7 nitrogen and oxygen atoms in total.